The van der Waals surface area contributed by atoms with Gasteiger partial charge in [-0.15, -0.1) is 18.3 Å². The first-order valence-electron chi connectivity index (χ1n) is 3.21. The van der Waals surface area contributed by atoms with E-state index in [0.717, 1.165) is 13.2 Å². The molecule has 57 valence electrons. The van der Waals surface area contributed by atoms with Crippen molar-refractivity contribution < 1.29 is 9.47 Å². The van der Waals surface area contributed by atoms with Crippen LogP contribution < -0.4 is 0 Å². The lowest BCUT2D eigenvalue weighted by Gasteiger charge is -2.04. The van der Waals surface area contributed by atoms with Crippen molar-refractivity contribution in [2.24, 2.45) is 0 Å². The first-order valence-corrected chi connectivity index (χ1v) is 4.15. The van der Waals surface area contributed by atoms with Gasteiger partial charge in [0, 0.05) is 0 Å². The first-order chi connectivity index (χ1) is 4.93. The molecule has 0 amide bonds. The highest BCUT2D eigenvalue weighted by atomic mass is 32.2. The average molecular weight is 159 g/mol. The molecule has 0 aromatic carbocycles. The van der Waals surface area contributed by atoms with Crippen LogP contribution in [0.2, 0.25) is 0 Å². The van der Waals surface area contributed by atoms with E-state index in [2.05, 4.69) is 6.58 Å². The monoisotopic (exact) mass is 159 g/mol. The fourth-order valence-electron chi connectivity index (χ4n) is 0.674. The summed E-state index contributed by atoms with van der Waals surface area (Å²) < 4.78 is 10.2. The maximum Gasteiger partial charge on any atom is 0.139 e. The summed E-state index contributed by atoms with van der Waals surface area (Å²) in [5.41, 5.74) is 0. The van der Waals surface area contributed by atoms with Gasteiger partial charge >= 0.3 is 0 Å². The Labute approximate surface area is 65.6 Å². The number of thioether (sulfide) groups is 1. The molecule has 1 radical (unpaired) electrons. The van der Waals surface area contributed by atoms with Crippen molar-refractivity contribution >= 4 is 11.8 Å². The van der Waals surface area contributed by atoms with Crippen molar-refractivity contribution in [3.8, 4) is 0 Å². The van der Waals surface area contributed by atoms with Gasteiger partial charge in [0.1, 0.15) is 5.94 Å². The minimum atomic E-state index is 0.486. The molecule has 0 aliphatic carbocycles. The van der Waals surface area contributed by atoms with E-state index in [4.69, 9.17) is 9.47 Å². The largest absolute Gasteiger partial charge is 0.376 e. The minimum absolute atomic E-state index is 0.486. The van der Waals surface area contributed by atoms with Crippen molar-refractivity contribution in [3.05, 3.63) is 18.6 Å². The number of ether oxygens (including phenoxy) is 2. The molecule has 10 heavy (non-hydrogen) atoms. The van der Waals surface area contributed by atoms with Crippen molar-refractivity contribution in [3.63, 3.8) is 0 Å². The normalized spacial score (nSPS) is 25.0. The number of hydrogen-bond donors (Lipinski definition) is 0. The summed E-state index contributed by atoms with van der Waals surface area (Å²) in [6.45, 7) is 5.73. The second kappa shape index (κ2) is 4.77. The van der Waals surface area contributed by atoms with Crippen molar-refractivity contribution in [1.29, 1.82) is 0 Å². The molecule has 1 aliphatic heterocycles. The Morgan fingerprint density at radius 2 is 2.80 bits per heavy atom. The van der Waals surface area contributed by atoms with E-state index in [9.17, 15) is 0 Å². The molecule has 0 bridgehead atoms. The second-order valence-electron chi connectivity index (χ2n) is 2.01. The third-order valence-electron chi connectivity index (χ3n) is 1.14. The summed E-state index contributed by atoms with van der Waals surface area (Å²) in [6, 6.07) is 0. The Bertz CT molecular complexity index is 99.8. The zero-order valence-electron chi connectivity index (χ0n) is 5.79. The molecule has 3 heteroatoms. The smallest absolute Gasteiger partial charge is 0.139 e. The highest BCUT2D eigenvalue weighted by Crippen LogP contribution is 2.23. The predicted octanol–water partition coefficient (Wildman–Crippen LogP) is 1.44. The zero-order chi connectivity index (χ0) is 7.23. The Morgan fingerprint density at radius 1 is 1.90 bits per heavy atom. The van der Waals surface area contributed by atoms with E-state index >= 15 is 0 Å². The highest BCUT2D eigenvalue weighted by molar-refractivity contribution is 8.01. The molecule has 1 heterocycles. The summed E-state index contributed by atoms with van der Waals surface area (Å²) in [6.07, 6.45) is 1.75. The third kappa shape index (κ3) is 2.73. The quantitative estimate of drug-likeness (QED) is 0.457. The first kappa shape index (κ1) is 8.11. The Kier molecular flexibility index (Phi) is 3.87. The fraction of sp³-hybridized carbons (Fsp3) is 0.571. The van der Waals surface area contributed by atoms with E-state index < -0.39 is 0 Å². The van der Waals surface area contributed by atoms with Crippen LogP contribution in [0.1, 0.15) is 0 Å². The van der Waals surface area contributed by atoms with Gasteiger partial charge in [-0.1, -0.05) is 6.08 Å². The topological polar surface area (TPSA) is 18.5 Å². The van der Waals surface area contributed by atoms with Gasteiger partial charge in [0.05, 0.1) is 25.1 Å². The van der Waals surface area contributed by atoms with Gasteiger partial charge in [-0.2, -0.15) is 0 Å². The maximum absolute atomic E-state index is 5.23. The molecule has 2 nitrogen and oxygen atoms in total. The fourth-order valence-corrected chi connectivity index (χ4v) is 1.32. The van der Waals surface area contributed by atoms with E-state index in [0.29, 0.717) is 11.9 Å². The van der Waals surface area contributed by atoms with Gasteiger partial charge in [-0.25, -0.2) is 0 Å². The molecule has 0 aromatic heterocycles. The lowest BCUT2D eigenvalue weighted by molar-refractivity contribution is 0.143. The van der Waals surface area contributed by atoms with Crippen LogP contribution in [-0.4, -0.2) is 25.1 Å². The van der Waals surface area contributed by atoms with Crippen molar-refractivity contribution in [2.45, 2.75) is 5.25 Å². The van der Waals surface area contributed by atoms with E-state index in [1.165, 1.54) is 0 Å². The van der Waals surface area contributed by atoms with E-state index in [1.807, 2.05) is 0 Å². The van der Waals surface area contributed by atoms with Gasteiger partial charge in [0.2, 0.25) is 0 Å². The predicted molar refractivity (Wildman–Crippen MR) is 42.6 cm³/mol. The third-order valence-corrected chi connectivity index (χ3v) is 2.04. The molecule has 1 unspecified atom stereocenters. The molecular formula is C7H11O2S. The van der Waals surface area contributed by atoms with Gasteiger partial charge < -0.3 is 9.47 Å². The summed E-state index contributed by atoms with van der Waals surface area (Å²) in [7, 11) is 0. The summed E-state index contributed by atoms with van der Waals surface area (Å²) in [5.74, 6) is 1.77. The molecule has 1 fully saturated rings. The lowest BCUT2D eigenvalue weighted by Crippen LogP contribution is -2.12. The van der Waals surface area contributed by atoms with Crippen LogP contribution in [0.15, 0.2) is 12.7 Å². The molecule has 1 aliphatic rings. The molecule has 1 saturated heterocycles. The van der Waals surface area contributed by atoms with Gasteiger partial charge in [0.15, 0.2) is 0 Å². The van der Waals surface area contributed by atoms with Crippen LogP contribution in [0, 0.1) is 5.94 Å². The van der Waals surface area contributed by atoms with Crippen LogP contribution in [0.3, 0.4) is 0 Å². The maximum atomic E-state index is 5.23. The zero-order valence-corrected chi connectivity index (χ0v) is 6.60. The van der Waals surface area contributed by atoms with Gasteiger partial charge in [0.25, 0.3) is 0 Å². The molecule has 1 atom stereocenters. The molecule has 0 saturated carbocycles. The lowest BCUT2D eigenvalue weighted by atomic mass is 10.5. The summed E-state index contributed by atoms with van der Waals surface area (Å²) in [5, 5.41) is 0.486. The molecule has 1 rings (SSSR count). The Balaban J connectivity index is 1.96. The van der Waals surface area contributed by atoms with Crippen LogP contribution in [0.4, 0.5) is 0 Å². The van der Waals surface area contributed by atoms with Crippen molar-refractivity contribution in [2.75, 3.05) is 19.8 Å². The number of hydrogen-bond acceptors (Lipinski definition) is 3. The van der Waals surface area contributed by atoms with E-state index in [-0.39, 0.29) is 0 Å². The summed E-state index contributed by atoms with van der Waals surface area (Å²) in [4.78, 5) is 0. The molecule has 0 N–H and O–H groups in total. The standard InChI is InChI=1S/C7H11O2S/c1-2-3-8-4-7-5-9-6-10-7/h2,6-7H,1,3-5H2. The van der Waals surface area contributed by atoms with E-state index in [1.54, 1.807) is 23.8 Å². The van der Waals surface area contributed by atoms with Crippen LogP contribution in [-0.2, 0) is 9.47 Å². The Hall–Kier alpha value is 0.0100. The Morgan fingerprint density at radius 3 is 3.40 bits per heavy atom. The second-order valence-corrected chi connectivity index (χ2v) is 3.15. The van der Waals surface area contributed by atoms with Gasteiger partial charge in [-0.05, 0) is 0 Å². The van der Waals surface area contributed by atoms with Crippen LogP contribution in [0.25, 0.3) is 0 Å². The van der Waals surface area contributed by atoms with Gasteiger partial charge in [-0.3, -0.25) is 0 Å². The number of rotatable bonds is 4. The minimum Gasteiger partial charge on any atom is -0.376 e. The highest BCUT2D eigenvalue weighted by Gasteiger charge is 2.15. The molecule has 0 aromatic rings. The molecular weight excluding hydrogens is 148 g/mol. The summed E-state index contributed by atoms with van der Waals surface area (Å²) >= 11 is 1.69. The molecule has 0 spiro atoms. The van der Waals surface area contributed by atoms with Crippen molar-refractivity contribution in [1.82, 2.24) is 0 Å². The van der Waals surface area contributed by atoms with Crippen LogP contribution in [0.5, 0.6) is 0 Å². The average Bonchev–Trinajstić information content (AvgIpc) is 2.41. The van der Waals surface area contributed by atoms with Crippen LogP contribution >= 0.6 is 11.8 Å². The SMILES string of the molecule is C=CCOCC1CO[CH]S1.